The second-order valence-corrected chi connectivity index (χ2v) is 6.51. The minimum absolute atomic E-state index is 0.0851. The summed E-state index contributed by atoms with van der Waals surface area (Å²) in [7, 11) is 0. The number of aromatic amines is 1. The van der Waals surface area contributed by atoms with Crippen molar-refractivity contribution >= 4 is 22.1 Å². The summed E-state index contributed by atoms with van der Waals surface area (Å²) in [6.07, 6.45) is 4.55. The first kappa shape index (κ1) is 16.3. The average molecular weight is 371 g/mol. The molecule has 0 fully saturated rings. The zero-order valence-corrected chi connectivity index (χ0v) is 14.6. The minimum Gasteiger partial charge on any atom is -0.285 e. The van der Waals surface area contributed by atoms with Gasteiger partial charge in [0.2, 0.25) is 0 Å². The van der Waals surface area contributed by atoms with Gasteiger partial charge in [-0.15, -0.1) is 0 Å². The summed E-state index contributed by atoms with van der Waals surface area (Å²) < 4.78 is 16.3. The van der Waals surface area contributed by atoms with Gasteiger partial charge in [0.1, 0.15) is 11.3 Å². The van der Waals surface area contributed by atoms with E-state index in [-0.39, 0.29) is 17.9 Å². The van der Waals surface area contributed by atoms with E-state index in [4.69, 9.17) is 0 Å². The number of rotatable bonds is 3. The van der Waals surface area contributed by atoms with E-state index in [0.717, 1.165) is 22.0 Å². The zero-order valence-electron chi connectivity index (χ0n) is 14.6. The van der Waals surface area contributed by atoms with E-state index >= 15 is 0 Å². The van der Waals surface area contributed by atoms with Crippen molar-refractivity contribution in [1.29, 1.82) is 0 Å². The first-order chi connectivity index (χ1) is 13.7. The molecule has 6 nitrogen and oxygen atoms in total. The Labute approximate surface area is 158 Å². The Hall–Kier alpha value is -3.87. The fourth-order valence-corrected chi connectivity index (χ4v) is 3.30. The van der Waals surface area contributed by atoms with E-state index in [2.05, 4.69) is 20.2 Å². The molecular formula is C21H14FN5O. The van der Waals surface area contributed by atoms with Crippen LogP contribution in [0.5, 0.6) is 0 Å². The van der Waals surface area contributed by atoms with Crippen LogP contribution in [-0.2, 0) is 6.54 Å². The summed E-state index contributed by atoms with van der Waals surface area (Å²) in [6, 6.07) is 14.3. The van der Waals surface area contributed by atoms with E-state index in [0.29, 0.717) is 16.7 Å². The smallest absolute Gasteiger partial charge is 0.270 e. The van der Waals surface area contributed by atoms with Crippen molar-refractivity contribution < 1.29 is 4.39 Å². The maximum absolute atomic E-state index is 14.8. The second kappa shape index (κ2) is 6.38. The number of hydrogen-bond donors (Lipinski definition) is 1. The van der Waals surface area contributed by atoms with Gasteiger partial charge >= 0.3 is 0 Å². The number of H-pyrrole nitrogens is 1. The number of halogens is 1. The number of nitrogens with zero attached hydrogens (tertiary/aromatic N) is 4. The van der Waals surface area contributed by atoms with Gasteiger partial charge in [0.15, 0.2) is 5.65 Å². The number of pyridine rings is 1. The molecule has 0 amide bonds. The summed E-state index contributed by atoms with van der Waals surface area (Å²) in [4.78, 5) is 20.6. The molecule has 7 heteroatoms. The van der Waals surface area contributed by atoms with Crippen molar-refractivity contribution in [2.24, 2.45) is 0 Å². The minimum atomic E-state index is -0.377. The van der Waals surface area contributed by atoms with Crippen LogP contribution in [0.1, 0.15) is 5.56 Å². The monoisotopic (exact) mass is 371 g/mol. The summed E-state index contributed by atoms with van der Waals surface area (Å²) in [6.45, 7) is 0.0851. The Morgan fingerprint density at radius 2 is 1.86 bits per heavy atom. The Morgan fingerprint density at radius 3 is 2.75 bits per heavy atom. The third-order valence-electron chi connectivity index (χ3n) is 4.76. The van der Waals surface area contributed by atoms with Crippen LogP contribution in [0.3, 0.4) is 0 Å². The van der Waals surface area contributed by atoms with E-state index < -0.39 is 0 Å². The number of aromatic nitrogens is 5. The number of nitrogens with one attached hydrogen (secondary N) is 1. The molecule has 0 saturated carbocycles. The SMILES string of the molecule is O=c1cnc2cccnc2n1Cc1ccc(-c2ccc3[nH]ncc3c2)cc1F. The molecule has 5 rings (SSSR count). The van der Waals surface area contributed by atoms with Crippen molar-refractivity contribution in [3.63, 3.8) is 0 Å². The fourth-order valence-electron chi connectivity index (χ4n) is 3.30. The predicted molar refractivity (Wildman–Crippen MR) is 104 cm³/mol. The van der Waals surface area contributed by atoms with Crippen LogP contribution in [0, 0.1) is 5.82 Å². The lowest BCUT2D eigenvalue weighted by atomic mass is 10.0. The summed E-state index contributed by atoms with van der Waals surface area (Å²) >= 11 is 0. The molecule has 3 aromatic heterocycles. The van der Waals surface area contributed by atoms with Gasteiger partial charge in [0, 0.05) is 17.1 Å². The van der Waals surface area contributed by atoms with E-state index in [9.17, 15) is 9.18 Å². The largest absolute Gasteiger partial charge is 0.285 e. The lowest BCUT2D eigenvalue weighted by Gasteiger charge is -2.10. The maximum Gasteiger partial charge on any atom is 0.270 e. The molecule has 0 aliphatic heterocycles. The highest BCUT2D eigenvalue weighted by atomic mass is 19.1. The Bertz CT molecular complexity index is 1390. The molecule has 0 aliphatic rings. The van der Waals surface area contributed by atoms with Gasteiger partial charge in [0.05, 0.1) is 24.5 Å². The highest BCUT2D eigenvalue weighted by molar-refractivity contribution is 5.84. The molecule has 0 radical (unpaired) electrons. The van der Waals surface area contributed by atoms with Gasteiger partial charge in [-0.3, -0.25) is 14.5 Å². The quantitative estimate of drug-likeness (QED) is 0.526. The van der Waals surface area contributed by atoms with Gasteiger partial charge in [0.25, 0.3) is 5.56 Å². The third-order valence-corrected chi connectivity index (χ3v) is 4.76. The first-order valence-electron chi connectivity index (χ1n) is 8.71. The molecular weight excluding hydrogens is 357 g/mol. The normalized spacial score (nSPS) is 11.3. The maximum atomic E-state index is 14.8. The standard InChI is InChI=1S/C21H14FN5O/c22-17-9-14(13-5-6-18-16(8-13)10-25-26-18)3-4-15(17)12-27-20(28)11-24-19-2-1-7-23-21(19)27/h1-11H,12H2,(H,25,26). The van der Waals surface area contributed by atoms with Crippen LogP contribution in [0.4, 0.5) is 4.39 Å². The van der Waals surface area contributed by atoms with Crippen molar-refractivity contribution in [2.75, 3.05) is 0 Å². The molecule has 136 valence electrons. The summed E-state index contributed by atoms with van der Waals surface area (Å²) in [5, 5.41) is 7.86. The molecule has 0 aliphatic carbocycles. The van der Waals surface area contributed by atoms with Crippen molar-refractivity contribution in [1.82, 2.24) is 24.7 Å². The van der Waals surface area contributed by atoms with Gasteiger partial charge < -0.3 is 0 Å². The van der Waals surface area contributed by atoms with Crippen LogP contribution in [-0.4, -0.2) is 24.7 Å². The van der Waals surface area contributed by atoms with Gasteiger partial charge in [-0.05, 0) is 41.5 Å². The van der Waals surface area contributed by atoms with Gasteiger partial charge in [-0.25, -0.2) is 14.4 Å². The van der Waals surface area contributed by atoms with Gasteiger partial charge in [-0.1, -0.05) is 18.2 Å². The molecule has 28 heavy (non-hydrogen) atoms. The predicted octanol–water partition coefficient (Wildman–Crippen LogP) is 3.52. The second-order valence-electron chi connectivity index (χ2n) is 6.51. The van der Waals surface area contributed by atoms with E-state index in [1.807, 2.05) is 24.3 Å². The lowest BCUT2D eigenvalue weighted by Crippen LogP contribution is -2.22. The molecule has 1 N–H and O–H groups in total. The molecule has 3 heterocycles. The molecule has 0 unspecified atom stereocenters. The molecule has 5 aromatic rings. The topological polar surface area (TPSA) is 76.5 Å². The molecule has 0 spiro atoms. The lowest BCUT2D eigenvalue weighted by molar-refractivity contribution is 0.599. The van der Waals surface area contributed by atoms with Crippen molar-refractivity contribution in [3.05, 3.63) is 88.9 Å². The zero-order chi connectivity index (χ0) is 19.1. The van der Waals surface area contributed by atoms with E-state index in [1.165, 1.54) is 16.8 Å². The van der Waals surface area contributed by atoms with E-state index in [1.54, 1.807) is 30.6 Å². The van der Waals surface area contributed by atoms with Crippen LogP contribution in [0.2, 0.25) is 0 Å². The molecule has 2 aromatic carbocycles. The first-order valence-corrected chi connectivity index (χ1v) is 8.71. The average Bonchev–Trinajstić information content (AvgIpc) is 3.19. The van der Waals surface area contributed by atoms with Crippen molar-refractivity contribution in [2.45, 2.75) is 6.54 Å². The highest BCUT2D eigenvalue weighted by Crippen LogP contribution is 2.25. The Balaban J connectivity index is 1.54. The van der Waals surface area contributed by atoms with Gasteiger partial charge in [-0.2, -0.15) is 5.10 Å². The van der Waals surface area contributed by atoms with Crippen LogP contribution >= 0.6 is 0 Å². The highest BCUT2D eigenvalue weighted by Gasteiger charge is 2.11. The van der Waals surface area contributed by atoms with Crippen LogP contribution < -0.4 is 5.56 Å². The number of hydrogen-bond acceptors (Lipinski definition) is 4. The van der Waals surface area contributed by atoms with Crippen molar-refractivity contribution in [3.8, 4) is 11.1 Å². The Morgan fingerprint density at radius 1 is 1.00 bits per heavy atom. The third kappa shape index (κ3) is 2.73. The van der Waals surface area contributed by atoms with Crippen LogP contribution in [0.15, 0.2) is 71.9 Å². The summed E-state index contributed by atoms with van der Waals surface area (Å²) in [5.41, 5.74) is 3.70. The number of fused-ring (bicyclic) bond motifs is 2. The number of benzene rings is 2. The fraction of sp³-hybridized carbons (Fsp3) is 0.0476. The molecule has 0 saturated heterocycles. The Kier molecular flexibility index (Phi) is 3.72. The van der Waals surface area contributed by atoms with Crippen LogP contribution in [0.25, 0.3) is 33.2 Å². The summed E-state index contributed by atoms with van der Waals surface area (Å²) in [5.74, 6) is -0.377. The molecule has 0 atom stereocenters. The molecule has 0 bridgehead atoms.